The van der Waals surface area contributed by atoms with E-state index >= 15 is 0 Å². The third-order valence-electron chi connectivity index (χ3n) is 4.53. The number of nitrogens with zero attached hydrogens (tertiary/aromatic N) is 3. The zero-order valence-corrected chi connectivity index (χ0v) is 13.8. The lowest BCUT2D eigenvalue weighted by Crippen LogP contribution is -2.28. The zero-order valence-electron chi connectivity index (χ0n) is 13.1. The summed E-state index contributed by atoms with van der Waals surface area (Å²) in [7, 11) is 0. The Kier molecular flexibility index (Phi) is 4.23. The average molecular weight is 306 g/mol. The van der Waals surface area contributed by atoms with Gasteiger partial charge in [-0.2, -0.15) is 0 Å². The fourth-order valence-corrected chi connectivity index (χ4v) is 3.50. The molecule has 0 bridgehead atoms. The molecule has 2 heterocycles. The molecule has 114 valence electrons. The summed E-state index contributed by atoms with van der Waals surface area (Å²) in [6.07, 6.45) is 1.26. The van der Waals surface area contributed by atoms with Crippen LogP contribution in [0.15, 0.2) is 24.3 Å². The number of imidazole rings is 1. The van der Waals surface area contributed by atoms with E-state index in [1.54, 1.807) is 0 Å². The molecule has 0 saturated carbocycles. The van der Waals surface area contributed by atoms with Crippen LogP contribution in [-0.4, -0.2) is 33.6 Å². The summed E-state index contributed by atoms with van der Waals surface area (Å²) in [6, 6.07) is 8.99. The van der Waals surface area contributed by atoms with Gasteiger partial charge in [0.15, 0.2) is 0 Å². The Bertz CT molecular complexity index is 618. The van der Waals surface area contributed by atoms with Gasteiger partial charge < -0.3 is 9.47 Å². The molecule has 3 rings (SSSR count). The maximum absolute atomic E-state index is 6.35. The molecule has 1 fully saturated rings. The van der Waals surface area contributed by atoms with Crippen molar-refractivity contribution in [2.24, 2.45) is 5.92 Å². The van der Waals surface area contributed by atoms with E-state index in [4.69, 9.17) is 16.6 Å². The Hall–Kier alpha value is -1.06. The summed E-state index contributed by atoms with van der Waals surface area (Å²) in [5, 5.41) is -0.0556. The monoisotopic (exact) mass is 305 g/mol. The number of halogens is 1. The molecule has 0 N–H and O–H groups in total. The lowest BCUT2D eigenvalue weighted by molar-refractivity contribution is 0.260. The highest BCUT2D eigenvalue weighted by molar-refractivity contribution is 6.20. The normalized spacial score (nSPS) is 21.5. The van der Waals surface area contributed by atoms with Crippen LogP contribution in [0.4, 0.5) is 0 Å². The van der Waals surface area contributed by atoms with Crippen molar-refractivity contribution < 1.29 is 0 Å². The first-order valence-corrected chi connectivity index (χ1v) is 8.33. The maximum Gasteiger partial charge on any atom is 0.127 e. The van der Waals surface area contributed by atoms with Crippen molar-refractivity contribution in [3.63, 3.8) is 0 Å². The van der Waals surface area contributed by atoms with Crippen molar-refractivity contribution in [1.82, 2.24) is 14.5 Å². The van der Waals surface area contributed by atoms with Gasteiger partial charge in [-0.15, -0.1) is 11.6 Å². The number of hydrogen-bond donors (Lipinski definition) is 0. The van der Waals surface area contributed by atoms with Crippen LogP contribution in [0.25, 0.3) is 11.0 Å². The van der Waals surface area contributed by atoms with Gasteiger partial charge in [0.25, 0.3) is 0 Å². The molecule has 2 aromatic rings. The van der Waals surface area contributed by atoms with Crippen LogP contribution in [0.1, 0.15) is 38.4 Å². The van der Waals surface area contributed by atoms with E-state index in [1.165, 1.54) is 25.0 Å². The topological polar surface area (TPSA) is 21.1 Å². The Morgan fingerprint density at radius 1 is 1.29 bits per heavy atom. The summed E-state index contributed by atoms with van der Waals surface area (Å²) >= 11 is 6.35. The first kappa shape index (κ1) is 14.9. The Morgan fingerprint density at radius 3 is 2.71 bits per heavy atom. The Balaban J connectivity index is 1.88. The number of hydrogen-bond acceptors (Lipinski definition) is 2. The first-order valence-electron chi connectivity index (χ1n) is 7.89. The summed E-state index contributed by atoms with van der Waals surface area (Å²) in [4.78, 5) is 7.29. The van der Waals surface area contributed by atoms with Crippen molar-refractivity contribution >= 4 is 22.6 Å². The van der Waals surface area contributed by atoms with Crippen molar-refractivity contribution in [2.75, 3.05) is 13.1 Å². The van der Waals surface area contributed by atoms with Crippen LogP contribution in [0, 0.1) is 5.92 Å². The molecule has 1 aliphatic heterocycles. The van der Waals surface area contributed by atoms with E-state index in [2.05, 4.69) is 41.5 Å². The van der Waals surface area contributed by atoms with Gasteiger partial charge in [-0.1, -0.05) is 12.1 Å². The summed E-state index contributed by atoms with van der Waals surface area (Å²) in [5.74, 6) is 1.69. The molecule has 2 unspecified atom stereocenters. The number of benzene rings is 1. The number of rotatable bonds is 4. The predicted molar refractivity (Wildman–Crippen MR) is 88.8 cm³/mol. The van der Waals surface area contributed by atoms with Crippen LogP contribution in [0.3, 0.4) is 0 Å². The van der Waals surface area contributed by atoms with Crippen molar-refractivity contribution in [1.29, 1.82) is 0 Å². The van der Waals surface area contributed by atoms with Gasteiger partial charge in [-0.3, -0.25) is 0 Å². The molecule has 4 heteroatoms. The van der Waals surface area contributed by atoms with Crippen molar-refractivity contribution in [2.45, 2.75) is 45.2 Å². The number of fused-ring (bicyclic) bond motifs is 1. The van der Waals surface area contributed by atoms with Crippen LogP contribution in [-0.2, 0) is 6.54 Å². The van der Waals surface area contributed by atoms with Gasteiger partial charge in [-0.25, -0.2) is 4.98 Å². The lowest BCUT2D eigenvalue weighted by Gasteiger charge is -2.21. The van der Waals surface area contributed by atoms with Crippen LogP contribution < -0.4 is 0 Å². The second-order valence-corrected chi connectivity index (χ2v) is 7.08. The molecule has 1 aliphatic rings. The highest BCUT2D eigenvalue weighted by atomic mass is 35.5. The highest BCUT2D eigenvalue weighted by Crippen LogP contribution is 2.28. The number of likely N-dealkylation sites (tertiary alicyclic amines) is 1. The zero-order chi connectivity index (χ0) is 15.0. The molecule has 1 saturated heterocycles. The van der Waals surface area contributed by atoms with Crippen molar-refractivity contribution in [3.05, 3.63) is 30.1 Å². The van der Waals surface area contributed by atoms with Gasteiger partial charge in [0.05, 0.1) is 16.4 Å². The lowest BCUT2D eigenvalue weighted by atomic mass is 10.1. The first-order chi connectivity index (χ1) is 10.1. The fourth-order valence-electron chi connectivity index (χ4n) is 3.33. The third kappa shape index (κ3) is 2.95. The van der Waals surface area contributed by atoms with Gasteiger partial charge in [0, 0.05) is 19.1 Å². The predicted octanol–water partition coefficient (Wildman–Crippen LogP) is 4.07. The molecular formula is C17H24ClN3. The minimum Gasteiger partial charge on any atom is -0.326 e. The fraction of sp³-hybridized carbons (Fsp3) is 0.588. The van der Waals surface area contributed by atoms with E-state index in [0.717, 1.165) is 17.9 Å². The van der Waals surface area contributed by atoms with E-state index in [-0.39, 0.29) is 5.38 Å². The van der Waals surface area contributed by atoms with Gasteiger partial charge in [0.2, 0.25) is 0 Å². The van der Waals surface area contributed by atoms with E-state index < -0.39 is 0 Å². The standard InChI is InChI=1S/C17H24ClN3/c1-12(2)20-9-8-14(10-20)11-21-16-7-5-4-6-15(16)19-17(21)13(3)18/h4-7,12-14H,8-11H2,1-3H3. The highest BCUT2D eigenvalue weighted by Gasteiger charge is 2.26. The third-order valence-corrected chi connectivity index (χ3v) is 4.72. The quantitative estimate of drug-likeness (QED) is 0.794. The minimum absolute atomic E-state index is 0.0556. The van der Waals surface area contributed by atoms with Gasteiger partial charge in [0.1, 0.15) is 5.82 Å². The molecule has 0 radical (unpaired) electrons. The molecule has 0 amide bonds. The smallest absolute Gasteiger partial charge is 0.127 e. The van der Waals surface area contributed by atoms with Gasteiger partial charge in [-0.05, 0) is 51.8 Å². The molecule has 0 aliphatic carbocycles. The maximum atomic E-state index is 6.35. The second-order valence-electron chi connectivity index (χ2n) is 6.43. The second kappa shape index (κ2) is 5.98. The van der Waals surface area contributed by atoms with E-state index in [9.17, 15) is 0 Å². The van der Waals surface area contributed by atoms with Gasteiger partial charge >= 0.3 is 0 Å². The SMILES string of the molecule is CC(Cl)c1nc2ccccc2n1CC1CCN(C(C)C)C1. The largest absolute Gasteiger partial charge is 0.326 e. The Labute approximate surface area is 131 Å². The average Bonchev–Trinajstić information content (AvgIpc) is 3.05. The number of aromatic nitrogens is 2. The minimum atomic E-state index is -0.0556. The molecule has 1 aromatic carbocycles. The van der Waals surface area contributed by atoms with E-state index in [1.807, 2.05) is 13.0 Å². The molecule has 2 atom stereocenters. The number of para-hydroxylation sites is 2. The van der Waals surface area contributed by atoms with Crippen LogP contribution in [0.5, 0.6) is 0 Å². The summed E-state index contributed by atoms with van der Waals surface area (Å²) in [5.41, 5.74) is 2.27. The molecule has 1 aromatic heterocycles. The summed E-state index contributed by atoms with van der Waals surface area (Å²) < 4.78 is 2.33. The molecule has 3 nitrogen and oxygen atoms in total. The molecule has 0 spiro atoms. The number of alkyl halides is 1. The van der Waals surface area contributed by atoms with Crippen LogP contribution in [0.2, 0.25) is 0 Å². The van der Waals surface area contributed by atoms with E-state index in [0.29, 0.717) is 12.0 Å². The van der Waals surface area contributed by atoms with Crippen molar-refractivity contribution in [3.8, 4) is 0 Å². The van der Waals surface area contributed by atoms with Crippen LogP contribution >= 0.6 is 11.6 Å². The summed E-state index contributed by atoms with van der Waals surface area (Å²) in [6.45, 7) is 9.98. The molecular weight excluding hydrogens is 282 g/mol. The Morgan fingerprint density at radius 2 is 2.05 bits per heavy atom. The molecule has 21 heavy (non-hydrogen) atoms.